The van der Waals surface area contributed by atoms with Crippen LogP contribution in [0.15, 0.2) is 0 Å². The molecule has 0 aromatic heterocycles. The molecule has 0 aromatic rings. The molecule has 0 bridgehead atoms. The van der Waals surface area contributed by atoms with E-state index >= 15 is 0 Å². The van der Waals surface area contributed by atoms with E-state index < -0.39 is 0 Å². The lowest BCUT2D eigenvalue weighted by molar-refractivity contribution is -0.0984. The molecule has 0 amide bonds. The normalized spacial score (nSPS) is 27.0. The molecular weight excluding hydrogens is 198 g/mol. The van der Waals surface area contributed by atoms with E-state index in [1.807, 2.05) is 0 Å². The maximum atomic E-state index is 6.28. The minimum atomic E-state index is 0.0359. The van der Waals surface area contributed by atoms with E-state index in [9.17, 15) is 0 Å². The van der Waals surface area contributed by atoms with Gasteiger partial charge in [0.1, 0.15) is 0 Å². The minimum Gasteiger partial charge on any atom is -0.371 e. The second kappa shape index (κ2) is 6.61. The summed E-state index contributed by atoms with van der Waals surface area (Å²) in [7, 11) is 0. The fourth-order valence-corrected chi connectivity index (χ4v) is 2.29. The van der Waals surface area contributed by atoms with Gasteiger partial charge in [0.25, 0.3) is 0 Å². The van der Waals surface area contributed by atoms with Gasteiger partial charge >= 0.3 is 0 Å². The van der Waals surface area contributed by atoms with Crippen molar-refractivity contribution in [3.05, 3.63) is 0 Å². The highest BCUT2D eigenvalue weighted by Crippen LogP contribution is 2.26. The van der Waals surface area contributed by atoms with Gasteiger partial charge in [0.05, 0.1) is 11.7 Å². The Labute approximate surface area is 101 Å². The van der Waals surface area contributed by atoms with E-state index in [0.29, 0.717) is 12.1 Å². The smallest absolute Gasteiger partial charge is 0.0735 e. The van der Waals surface area contributed by atoms with Crippen LogP contribution in [0.25, 0.3) is 0 Å². The third-order valence-corrected chi connectivity index (χ3v) is 3.68. The zero-order valence-electron chi connectivity index (χ0n) is 11.5. The van der Waals surface area contributed by atoms with Crippen LogP contribution in [0.5, 0.6) is 0 Å². The molecule has 0 aliphatic heterocycles. The van der Waals surface area contributed by atoms with Crippen molar-refractivity contribution in [1.82, 2.24) is 5.32 Å². The fraction of sp³-hybridized carbons (Fsp3) is 1.00. The summed E-state index contributed by atoms with van der Waals surface area (Å²) in [6.07, 6.45) is 7.91. The van der Waals surface area contributed by atoms with Crippen molar-refractivity contribution in [2.24, 2.45) is 0 Å². The molecule has 1 N–H and O–H groups in total. The SMILES string of the molecule is CCCNC1CCCCC1OC(C)(C)CC. The van der Waals surface area contributed by atoms with Crippen molar-refractivity contribution < 1.29 is 4.74 Å². The maximum Gasteiger partial charge on any atom is 0.0735 e. The summed E-state index contributed by atoms with van der Waals surface area (Å²) in [6, 6.07) is 0.583. The Bertz CT molecular complexity index is 191. The third kappa shape index (κ3) is 4.42. The first-order valence-electron chi connectivity index (χ1n) is 7.00. The van der Waals surface area contributed by atoms with Crippen LogP contribution in [-0.2, 0) is 4.74 Å². The molecule has 0 spiro atoms. The molecule has 2 unspecified atom stereocenters. The number of hydrogen-bond donors (Lipinski definition) is 1. The monoisotopic (exact) mass is 227 g/mol. The lowest BCUT2D eigenvalue weighted by atomic mass is 9.91. The Morgan fingerprint density at radius 3 is 2.50 bits per heavy atom. The molecule has 96 valence electrons. The van der Waals surface area contributed by atoms with Crippen LogP contribution in [0.3, 0.4) is 0 Å². The van der Waals surface area contributed by atoms with E-state index in [-0.39, 0.29) is 5.60 Å². The summed E-state index contributed by atoms with van der Waals surface area (Å²) in [5, 5.41) is 3.64. The number of rotatable bonds is 6. The van der Waals surface area contributed by atoms with Gasteiger partial charge in [-0.3, -0.25) is 0 Å². The van der Waals surface area contributed by atoms with Crippen LogP contribution < -0.4 is 5.32 Å². The van der Waals surface area contributed by atoms with Gasteiger partial charge in [-0.15, -0.1) is 0 Å². The van der Waals surface area contributed by atoms with E-state index in [0.717, 1.165) is 13.0 Å². The van der Waals surface area contributed by atoms with Gasteiger partial charge in [-0.05, 0) is 46.1 Å². The Morgan fingerprint density at radius 1 is 1.19 bits per heavy atom. The zero-order chi connectivity index (χ0) is 12.0. The van der Waals surface area contributed by atoms with Crippen molar-refractivity contribution >= 4 is 0 Å². The fourth-order valence-electron chi connectivity index (χ4n) is 2.29. The quantitative estimate of drug-likeness (QED) is 0.750. The summed E-state index contributed by atoms with van der Waals surface area (Å²) in [4.78, 5) is 0. The summed E-state index contributed by atoms with van der Waals surface area (Å²) in [6.45, 7) is 9.97. The van der Waals surface area contributed by atoms with Crippen molar-refractivity contribution in [3.8, 4) is 0 Å². The van der Waals surface area contributed by atoms with Crippen molar-refractivity contribution in [3.63, 3.8) is 0 Å². The first-order chi connectivity index (χ1) is 7.59. The van der Waals surface area contributed by atoms with E-state index in [1.54, 1.807) is 0 Å². The van der Waals surface area contributed by atoms with Crippen LogP contribution >= 0.6 is 0 Å². The standard InChI is InChI=1S/C14H29NO/c1-5-11-15-12-9-7-8-10-13(12)16-14(3,4)6-2/h12-13,15H,5-11H2,1-4H3. The maximum absolute atomic E-state index is 6.28. The summed E-state index contributed by atoms with van der Waals surface area (Å²) >= 11 is 0. The summed E-state index contributed by atoms with van der Waals surface area (Å²) in [5.41, 5.74) is 0.0359. The number of hydrogen-bond acceptors (Lipinski definition) is 2. The Kier molecular flexibility index (Phi) is 5.77. The highest BCUT2D eigenvalue weighted by molar-refractivity contribution is 4.84. The van der Waals surface area contributed by atoms with Gasteiger partial charge in [-0.1, -0.05) is 26.7 Å². The minimum absolute atomic E-state index is 0.0359. The highest BCUT2D eigenvalue weighted by atomic mass is 16.5. The van der Waals surface area contributed by atoms with Crippen LogP contribution in [0, 0.1) is 0 Å². The van der Waals surface area contributed by atoms with Crippen molar-refractivity contribution in [1.29, 1.82) is 0 Å². The van der Waals surface area contributed by atoms with Gasteiger partial charge in [0.15, 0.2) is 0 Å². The van der Waals surface area contributed by atoms with Gasteiger partial charge in [0, 0.05) is 6.04 Å². The molecule has 1 fully saturated rings. The molecule has 1 aliphatic rings. The topological polar surface area (TPSA) is 21.3 Å². The lowest BCUT2D eigenvalue weighted by Crippen LogP contribution is -2.47. The van der Waals surface area contributed by atoms with Crippen LogP contribution in [0.1, 0.15) is 66.2 Å². The molecule has 2 nitrogen and oxygen atoms in total. The average molecular weight is 227 g/mol. The van der Waals surface area contributed by atoms with Crippen molar-refractivity contribution in [2.45, 2.75) is 84.0 Å². The first-order valence-corrected chi connectivity index (χ1v) is 7.00. The molecule has 2 atom stereocenters. The van der Waals surface area contributed by atoms with Crippen LogP contribution in [-0.4, -0.2) is 24.3 Å². The lowest BCUT2D eigenvalue weighted by Gasteiger charge is -2.38. The van der Waals surface area contributed by atoms with E-state index in [4.69, 9.17) is 4.74 Å². The van der Waals surface area contributed by atoms with Gasteiger partial charge in [-0.2, -0.15) is 0 Å². The second-order valence-electron chi connectivity index (χ2n) is 5.61. The predicted molar refractivity (Wildman–Crippen MR) is 69.8 cm³/mol. The molecular formula is C14H29NO. The van der Waals surface area contributed by atoms with Crippen LogP contribution in [0.2, 0.25) is 0 Å². The van der Waals surface area contributed by atoms with Gasteiger partial charge in [-0.25, -0.2) is 0 Å². The molecule has 0 radical (unpaired) electrons. The Balaban J connectivity index is 2.46. The average Bonchev–Trinajstić information content (AvgIpc) is 2.27. The van der Waals surface area contributed by atoms with Crippen LogP contribution in [0.4, 0.5) is 0 Å². The Morgan fingerprint density at radius 2 is 1.88 bits per heavy atom. The third-order valence-electron chi connectivity index (χ3n) is 3.68. The molecule has 0 aromatic carbocycles. The molecule has 16 heavy (non-hydrogen) atoms. The largest absolute Gasteiger partial charge is 0.371 e. The molecule has 0 saturated heterocycles. The first kappa shape index (κ1) is 14.0. The molecule has 2 heteroatoms. The summed E-state index contributed by atoms with van der Waals surface area (Å²) in [5.74, 6) is 0. The molecule has 1 rings (SSSR count). The number of nitrogens with one attached hydrogen (secondary N) is 1. The highest BCUT2D eigenvalue weighted by Gasteiger charge is 2.30. The van der Waals surface area contributed by atoms with Gasteiger partial charge < -0.3 is 10.1 Å². The van der Waals surface area contributed by atoms with Gasteiger partial charge in [0.2, 0.25) is 0 Å². The predicted octanol–water partition coefficient (Wildman–Crippen LogP) is 3.50. The van der Waals surface area contributed by atoms with E-state index in [1.165, 1.54) is 32.1 Å². The zero-order valence-corrected chi connectivity index (χ0v) is 11.5. The second-order valence-corrected chi connectivity index (χ2v) is 5.61. The molecule has 1 aliphatic carbocycles. The Hall–Kier alpha value is -0.0800. The number of ether oxygens (including phenoxy) is 1. The molecule has 1 saturated carbocycles. The van der Waals surface area contributed by atoms with Crippen molar-refractivity contribution in [2.75, 3.05) is 6.54 Å². The van der Waals surface area contributed by atoms with E-state index in [2.05, 4.69) is 33.0 Å². The molecule has 0 heterocycles. The summed E-state index contributed by atoms with van der Waals surface area (Å²) < 4.78 is 6.28.